The fourth-order valence-corrected chi connectivity index (χ4v) is 3.85. The molecule has 1 aliphatic heterocycles. The molecule has 0 atom stereocenters. The molecule has 1 aliphatic rings. The van der Waals surface area contributed by atoms with Gasteiger partial charge in [0.05, 0.1) is 28.4 Å². The number of ether oxygens (including phenoxy) is 4. The van der Waals surface area contributed by atoms with E-state index >= 15 is 0 Å². The molecule has 29 heavy (non-hydrogen) atoms. The van der Waals surface area contributed by atoms with Gasteiger partial charge in [-0.25, -0.2) is 9.97 Å². The van der Waals surface area contributed by atoms with Gasteiger partial charge in [-0.05, 0) is 35.4 Å². The Kier molecular flexibility index (Phi) is 6.77. The molecule has 3 rings (SSSR count). The van der Waals surface area contributed by atoms with E-state index in [0.29, 0.717) is 45.9 Å². The third-order valence-corrected chi connectivity index (χ3v) is 5.32. The molecule has 0 bridgehead atoms. The van der Waals surface area contributed by atoms with E-state index in [1.54, 1.807) is 50.5 Å². The summed E-state index contributed by atoms with van der Waals surface area (Å²) in [5.74, 6) is 3.12. The molecule has 0 amide bonds. The van der Waals surface area contributed by atoms with Crippen molar-refractivity contribution in [1.82, 2.24) is 9.97 Å². The van der Waals surface area contributed by atoms with Crippen LogP contribution < -0.4 is 18.9 Å². The Bertz CT molecular complexity index is 896. The molecule has 0 aromatic carbocycles. The van der Waals surface area contributed by atoms with Crippen LogP contribution in [0.2, 0.25) is 0 Å². The molecule has 0 spiro atoms. The van der Waals surface area contributed by atoms with Crippen LogP contribution in [-0.4, -0.2) is 55.7 Å². The minimum Gasteiger partial charge on any atom is -0.491 e. The number of carbonyl (C=O) groups is 1. The zero-order valence-electron chi connectivity index (χ0n) is 16.7. The quantitative estimate of drug-likeness (QED) is 0.666. The topological polar surface area (TPSA) is 79.8 Å². The highest BCUT2D eigenvalue weighted by molar-refractivity contribution is 7.99. The van der Waals surface area contributed by atoms with Crippen LogP contribution in [0.15, 0.2) is 35.7 Å². The highest BCUT2D eigenvalue weighted by Gasteiger charge is 2.21. The monoisotopic (exact) mass is 414 g/mol. The van der Waals surface area contributed by atoms with Crippen molar-refractivity contribution in [1.29, 1.82) is 0 Å². The van der Waals surface area contributed by atoms with Crippen molar-refractivity contribution in [2.24, 2.45) is 0 Å². The molecule has 7 nitrogen and oxygen atoms in total. The summed E-state index contributed by atoms with van der Waals surface area (Å²) < 4.78 is 20.9. The van der Waals surface area contributed by atoms with E-state index in [4.69, 9.17) is 18.9 Å². The van der Waals surface area contributed by atoms with Crippen LogP contribution in [0, 0.1) is 0 Å². The normalized spacial score (nSPS) is 16.8. The second-order valence-electron chi connectivity index (χ2n) is 6.12. The fraction of sp³-hybridized carbons (Fsp3) is 0.286. The van der Waals surface area contributed by atoms with Gasteiger partial charge in [-0.15, -0.1) is 0 Å². The van der Waals surface area contributed by atoms with Crippen LogP contribution in [-0.2, 0) is 4.79 Å². The van der Waals surface area contributed by atoms with Crippen molar-refractivity contribution in [3.05, 3.63) is 46.8 Å². The van der Waals surface area contributed by atoms with Gasteiger partial charge in [-0.1, -0.05) is 0 Å². The average molecular weight is 414 g/mol. The zero-order chi connectivity index (χ0) is 20.8. The molecule has 2 aromatic heterocycles. The number of thioether (sulfide) groups is 1. The molecule has 3 heterocycles. The maximum Gasteiger partial charge on any atom is 0.256 e. The van der Waals surface area contributed by atoms with Crippen molar-refractivity contribution in [2.45, 2.75) is 0 Å². The first kappa shape index (κ1) is 20.7. The van der Waals surface area contributed by atoms with E-state index in [0.717, 1.165) is 11.1 Å². The van der Waals surface area contributed by atoms with Crippen LogP contribution >= 0.6 is 11.8 Å². The first-order valence-electron chi connectivity index (χ1n) is 8.79. The third kappa shape index (κ3) is 4.71. The van der Waals surface area contributed by atoms with E-state index < -0.39 is 0 Å². The molecule has 0 N–H and O–H groups in total. The van der Waals surface area contributed by atoms with E-state index in [2.05, 4.69) is 9.97 Å². The van der Waals surface area contributed by atoms with E-state index in [-0.39, 0.29) is 5.78 Å². The molecule has 0 saturated carbocycles. The maximum absolute atomic E-state index is 13.0. The Morgan fingerprint density at radius 2 is 1.24 bits per heavy atom. The van der Waals surface area contributed by atoms with Crippen molar-refractivity contribution in [2.75, 3.05) is 39.9 Å². The lowest BCUT2D eigenvalue weighted by molar-refractivity contribution is -0.112. The second kappa shape index (κ2) is 9.47. The standard InChI is InChI=1S/C21H22N2O5S/c1-25-17-7-13(9-22-20(17)27-3)5-15-11-29-12-16(19(15)24)6-14-8-18(26-2)21(28-4)23-10-14/h5-10H,11-12H2,1-4H3/b15-5+,16-6+. The average Bonchev–Trinajstić information content (AvgIpc) is 2.76. The lowest BCUT2D eigenvalue weighted by atomic mass is 10.0. The number of aromatic nitrogens is 2. The first-order valence-corrected chi connectivity index (χ1v) is 9.94. The van der Waals surface area contributed by atoms with Crippen LogP contribution in [0.5, 0.6) is 23.3 Å². The molecular weight excluding hydrogens is 392 g/mol. The second-order valence-corrected chi connectivity index (χ2v) is 7.11. The summed E-state index contributed by atoms with van der Waals surface area (Å²) in [6.07, 6.45) is 6.99. The van der Waals surface area contributed by atoms with Gasteiger partial charge in [0.2, 0.25) is 0 Å². The lowest BCUT2D eigenvalue weighted by Gasteiger charge is -2.17. The minimum absolute atomic E-state index is 0.00770. The van der Waals surface area contributed by atoms with Gasteiger partial charge in [0.15, 0.2) is 17.3 Å². The predicted octanol–water partition coefficient (Wildman–Crippen LogP) is 3.29. The molecule has 152 valence electrons. The predicted molar refractivity (Wildman–Crippen MR) is 113 cm³/mol. The molecule has 0 aliphatic carbocycles. The first-order chi connectivity index (χ1) is 14.1. The third-order valence-electron chi connectivity index (χ3n) is 4.29. The highest BCUT2D eigenvalue weighted by Crippen LogP contribution is 2.31. The number of ketones is 1. The van der Waals surface area contributed by atoms with Gasteiger partial charge in [0.25, 0.3) is 11.8 Å². The van der Waals surface area contributed by atoms with Crippen LogP contribution in [0.3, 0.4) is 0 Å². The highest BCUT2D eigenvalue weighted by atomic mass is 32.2. The number of rotatable bonds is 6. The Balaban J connectivity index is 1.89. The minimum atomic E-state index is 0.00770. The Hall–Kier alpha value is -3.00. The van der Waals surface area contributed by atoms with Crippen molar-refractivity contribution in [3.63, 3.8) is 0 Å². The Morgan fingerprint density at radius 1 is 0.793 bits per heavy atom. The van der Waals surface area contributed by atoms with E-state index in [1.165, 1.54) is 14.2 Å². The van der Waals surface area contributed by atoms with Gasteiger partial charge >= 0.3 is 0 Å². The van der Waals surface area contributed by atoms with E-state index in [1.807, 2.05) is 12.2 Å². The van der Waals surface area contributed by atoms with Crippen molar-refractivity contribution >= 4 is 29.7 Å². The summed E-state index contributed by atoms with van der Waals surface area (Å²) >= 11 is 1.68. The summed E-state index contributed by atoms with van der Waals surface area (Å²) in [6, 6.07) is 3.60. The van der Waals surface area contributed by atoms with Gasteiger partial charge in [-0.3, -0.25) is 4.79 Å². The Morgan fingerprint density at radius 3 is 1.62 bits per heavy atom. The van der Waals surface area contributed by atoms with Crippen LogP contribution in [0.4, 0.5) is 0 Å². The SMILES string of the molecule is COc1cc(/C=C2\CSC/C(=C\c3cnc(OC)c(OC)c3)C2=O)cnc1OC. The van der Waals surface area contributed by atoms with Gasteiger partial charge in [0, 0.05) is 35.0 Å². The summed E-state index contributed by atoms with van der Waals surface area (Å²) in [6.45, 7) is 0. The van der Waals surface area contributed by atoms with Crippen LogP contribution in [0.25, 0.3) is 12.2 Å². The number of methoxy groups -OCH3 is 4. The molecule has 0 radical (unpaired) electrons. The largest absolute Gasteiger partial charge is 0.491 e. The molecule has 8 heteroatoms. The van der Waals surface area contributed by atoms with Gasteiger partial charge in [0.1, 0.15) is 0 Å². The molecular formula is C21H22N2O5S. The van der Waals surface area contributed by atoms with Gasteiger partial charge in [-0.2, -0.15) is 11.8 Å². The maximum atomic E-state index is 13.0. The van der Waals surface area contributed by atoms with E-state index in [9.17, 15) is 4.79 Å². The number of hydrogen-bond donors (Lipinski definition) is 0. The van der Waals surface area contributed by atoms with Gasteiger partial charge < -0.3 is 18.9 Å². The van der Waals surface area contributed by atoms with Crippen LogP contribution in [0.1, 0.15) is 11.1 Å². The summed E-state index contributed by atoms with van der Waals surface area (Å²) in [5, 5.41) is 0. The lowest BCUT2D eigenvalue weighted by Crippen LogP contribution is -2.16. The molecule has 1 saturated heterocycles. The summed E-state index contributed by atoms with van der Waals surface area (Å²) in [5.41, 5.74) is 2.96. The number of nitrogens with zero attached hydrogens (tertiary/aromatic N) is 2. The van der Waals surface area contributed by atoms with Crippen molar-refractivity contribution < 1.29 is 23.7 Å². The summed E-state index contributed by atoms with van der Waals surface area (Å²) in [7, 11) is 6.17. The molecule has 1 fully saturated rings. The number of pyridine rings is 2. The number of Topliss-reactive ketones (excluding diaryl/α,β-unsaturated/α-hetero) is 1. The number of carbonyl (C=O) groups excluding carboxylic acids is 1. The molecule has 2 aromatic rings. The zero-order valence-corrected chi connectivity index (χ0v) is 17.5. The van der Waals surface area contributed by atoms with Crippen molar-refractivity contribution in [3.8, 4) is 23.3 Å². The Labute approximate surface area is 173 Å². The smallest absolute Gasteiger partial charge is 0.256 e. The summed E-state index contributed by atoms with van der Waals surface area (Å²) in [4.78, 5) is 21.4. The number of hydrogen-bond acceptors (Lipinski definition) is 8. The fourth-order valence-electron chi connectivity index (χ4n) is 2.88. The molecule has 0 unspecified atom stereocenters.